The maximum absolute atomic E-state index is 13.2. The molecule has 0 unspecified atom stereocenters. The minimum Gasteiger partial charge on any atom is -0.465 e. The molecule has 0 bridgehead atoms. The number of hydrogen-bond acceptors (Lipinski definition) is 8. The van der Waals surface area contributed by atoms with Crippen LogP contribution in [0, 0.1) is 10.1 Å². The molecule has 2 heterocycles. The van der Waals surface area contributed by atoms with Gasteiger partial charge in [0.2, 0.25) is 5.91 Å². The Kier molecular flexibility index (Phi) is 5.96. The summed E-state index contributed by atoms with van der Waals surface area (Å²) in [6.45, 7) is -0.346. The van der Waals surface area contributed by atoms with Gasteiger partial charge in [-0.2, -0.15) is 0 Å². The number of carbonyl (C=O) groups is 2. The van der Waals surface area contributed by atoms with E-state index in [4.69, 9.17) is 4.74 Å². The molecule has 11 heteroatoms. The van der Waals surface area contributed by atoms with Crippen LogP contribution in [-0.4, -0.2) is 33.5 Å². The van der Waals surface area contributed by atoms with Gasteiger partial charge >= 0.3 is 5.97 Å². The number of para-hydroxylation sites is 1. The first-order chi connectivity index (χ1) is 15.9. The molecule has 2 aromatic carbocycles. The first-order valence-corrected chi connectivity index (χ1v) is 10.5. The number of aromatic nitrogens is 2. The number of ether oxygens (including phenoxy) is 1. The summed E-state index contributed by atoms with van der Waals surface area (Å²) < 4.78 is 5.86. The van der Waals surface area contributed by atoms with E-state index in [2.05, 4.69) is 10.3 Å². The number of benzene rings is 2. The number of carbonyl (C=O) groups excluding carboxylic acids is 2. The Morgan fingerprint density at radius 2 is 2.00 bits per heavy atom. The Bertz CT molecular complexity index is 1460. The van der Waals surface area contributed by atoms with E-state index in [1.807, 2.05) is 0 Å². The lowest BCUT2D eigenvalue weighted by molar-refractivity contribution is -0.384. The highest BCUT2D eigenvalue weighted by Crippen LogP contribution is 2.32. The Labute approximate surface area is 190 Å². The Morgan fingerprint density at radius 1 is 1.21 bits per heavy atom. The zero-order valence-electron chi connectivity index (χ0n) is 17.2. The van der Waals surface area contributed by atoms with E-state index in [1.165, 1.54) is 49.0 Å². The van der Waals surface area contributed by atoms with Crippen LogP contribution in [0.3, 0.4) is 0 Å². The molecule has 0 aliphatic heterocycles. The van der Waals surface area contributed by atoms with Crippen LogP contribution in [0.1, 0.15) is 10.4 Å². The van der Waals surface area contributed by atoms with Crippen molar-refractivity contribution in [3.05, 3.63) is 86.3 Å². The molecule has 0 aliphatic rings. The third-order valence-electron chi connectivity index (χ3n) is 4.85. The second-order valence-corrected chi connectivity index (χ2v) is 7.76. The predicted molar refractivity (Wildman–Crippen MR) is 122 cm³/mol. The van der Waals surface area contributed by atoms with E-state index in [-0.39, 0.29) is 28.9 Å². The minimum absolute atomic E-state index is 0.0975. The van der Waals surface area contributed by atoms with Gasteiger partial charge in [0, 0.05) is 23.1 Å². The topological polar surface area (TPSA) is 133 Å². The fraction of sp³-hybridized carbons (Fsp3) is 0.0909. The fourth-order valence-corrected chi connectivity index (χ4v) is 4.21. The number of thiophene rings is 1. The van der Waals surface area contributed by atoms with E-state index in [0.29, 0.717) is 16.0 Å². The van der Waals surface area contributed by atoms with E-state index in [9.17, 15) is 24.5 Å². The van der Waals surface area contributed by atoms with Gasteiger partial charge in [-0.3, -0.25) is 24.3 Å². The molecule has 0 saturated carbocycles. The van der Waals surface area contributed by atoms with Crippen molar-refractivity contribution in [3.8, 4) is 11.1 Å². The maximum atomic E-state index is 13.2. The molecule has 166 valence electrons. The second kappa shape index (κ2) is 9.01. The average molecular weight is 464 g/mol. The molecule has 4 aromatic rings. The normalized spacial score (nSPS) is 10.7. The summed E-state index contributed by atoms with van der Waals surface area (Å²) in [4.78, 5) is 53.0. The smallest absolute Gasteiger partial charge is 0.339 e. The number of non-ortho nitro benzene ring substituents is 1. The third-order valence-corrected chi connectivity index (χ3v) is 5.74. The summed E-state index contributed by atoms with van der Waals surface area (Å²) in [6, 6.07) is 12.3. The lowest BCUT2D eigenvalue weighted by Crippen LogP contribution is -2.28. The molecule has 0 saturated heterocycles. The fourth-order valence-electron chi connectivity index (χ4n) is 3.30. The Morgan fingerprint density at radius 3 is 2.76 bits per heavy atom. The van der Waals surface area contributed by atoms with E-state index < -0.39 is 22.4 Å². The largest absolute Gasteiger partial charge is 0.465 e. The summed E-state index contributed by atoms with van der Waals surface area (Å²) in [5, 5.41) is 15.7. The number of hydrogen-bond donors (Lipinski definition) is 1. The number of fused-ring (bicyclic) bond motifs is 1. The molecule has 4 rings (SSSR count). The molecular formula is C22H16N4O6S. The number of nitro benzene ring substituents is 1. The highest BCUT2D eigenvalue weighted by molar-refractivity contribution is 7.17. The molecule has 1 amide bonds. The van der Waals surface area contributed by atoms with Crippen LogP contribution < -0.4 is 10.9 Å². The van der Waals surface area contributed by atoms with E-state index in [1.54, 1.807) is 29.6 Å². The van der Waals surface area contributed by atoms with Crippen LogP contribution in [0.5, 0.6) is 0 Å². The average Bonchev–Trinajstić information content (AvgIpc) is 3.26. The quantitative estimate of drug-likeness (QED) is 0.262. The van der Waals surface area contributed by atoms with E-state index >= 15 is 0 Å². The number of anilines is 1. The first-order valence-electron chi connectivity index (χ1n) is 9.57. The molecule has 2 aromatic heterocycles. The highest BCUT2D eigenvalue weighted by atomic mass is 32.1. The van der Waals surface area contributed by atoms with Crippen LogP contribution in [-0.2, 0) is 16.1 Å². The summed E-state index contributed by atoms with van der Waals surface area (Å²) in [5.41, 5.74) is 0.883. The van der Waals surface area contributed by atoms with Crippen LogP contribution in [0.2, 0.25) is 0 Å². The first kappa shape index (κ1) is 21.8. The number of amides is 1. The molecule has 33 heavy (non-hydrogen) atoms. The number of rotatable bonds is 6. The molecule has 0 atom stereocenters. The van der Waals surface area contributed by atoms with Crippen molar-refractivity contribution in [2.45, 2.75) is 6.54 Å². The number of nitro groups is 1. The van der Waals surface area contributed by atoms with Gasteiger partial charge in [0.25, 0.3) is 11.2 Å². The van der Waals surface area contributed by atoms with Crippen LogP contribution in [0.15, 0.2) is 65.0 Å². The zero-order chi connectivity index (χ0) is 23.5. The van der Waals surface area contributed by atoms with Crippen molar-refractivity contribution in [1.82, 2.24) is 9.55 Å². The van der Waals surface area contributed by atoms with Crippen LogP contribution in [0.4, 0.5) is 11.4 Å². The van der Waals surface area contributed by atoms with Gasteiger partial charge in [-0.1, -0.05) is 24.3 Å². The molecule has 0 fully saturated rings. The second-order valence-electron chi connectivity index (χ2n) is 6.90. The zero-order valence-corrected chi connectivity index (χ0v) is 18.0. The predicted octanol–water partition coefficient (Wildman–Crippen LogP) is 3.46. The van der Waals surface area contributed by atoms with Gasteiger partial charge in [0.15, 0.2) is 0 Å². The molecule has 0 spiro atoms. The third kappa shape index (κ3) is 4.34. The summed E-state index contributed by atoms with van der Waals surface area (Å²) in [5.74, 6) is -1.15. The van der Waals surface area contributed by atoms with Gasteiger partial charge in [-0.25, -0.2) is 9.78 Å². The summed E-state index contributed by atoms with van der Waals surface area (Å²) >= 11 is 1.23. The minimum atomic E-state index is -0.606. The molecule has 1 N–H and O–H groups in total. The van der Waals surface area contributed by atoms with Gasteiger partial charge in [-0.05, 0) is 17.7 Å². The summed E-state index contributed by atoms with van der Waals surface area (Å²) in [7, 11) is 1.24. The number of methoxy groups -OCH3 is 1. The van der Waals surface area contributed by atoms with Crippen molar-refractivity contribution < 1.29 is 19.2 Å². The molecule has 0 aliphatic carbocycles. The van der Waals surface area contributed by atoms with Gasteiger partial charge in [0.1, 0.15) is 11.4 Å². The SMILES string of the molecule is COC(=O)c1ccccc1NC(=O)Cn1cnc2scc(-c3cccc([N+](=O)[O-])c3)c2c1=O. The number of esters is 1. The van der Waals surface area contributed by atoms with E-state index in [0.717, 1.165) is 4.57 Å². The maximum Gasteiger partial charge on any atom is 0.339 e. The van der Waals surface area contributed by atoms with Crippen LogP contribution in [0.25, 0.3) is 21.3 Å². The lowest BCUT2D eigenvalue weighted by atomic mass is 10.1. The van der Waals surface area contributed by atoms with Crippen molar-refractivity contribution in [3.63, 3.8) is 0 Å². The van der Waals surface area contributed by atoms with Gasteiger partial charge in [0.05, 0.1) is 35.0 Å². The number of nitrogens with one attached hydrogen (secondary N) is 1. The van der Waals surface area contributed by atoms with Gasteiger partial charge in [-0.15, -0.1) is 11.3 Å². The standard InChI is InChI=1S/C22H16N4O6S/c1-32-22(29)15-7-2-3-8-17(15)24-18(27)10-25-12-23-20-19(21(25)28)16(11-33-20)13-5-4-6-14(9-13)26(30)31/h2-9,11-12H,10H2,1H3,(H,24,27). The van der Waals surface area contributed by atoms with Crippen molar-refractivity contribution in [2.24, 2.45) is 0 Å². The van der Waals surface area contributed by atoms with Crippen molar-refractivity contribution in [2.75, 3.05) is 12.4 Å². The highest BCUT2D eigenvalue weighted by Gasteiger charge is 2.18. The molecular weight excluding hydrogens is 448 g/mol. The molecule has 0 radical (unpaired) electrons. The van der Waals surface area contributed by atoms with Crippen molar-refractivity contribution in [1.29, 1.82) is 0 Å². The summed E-state index contributed by atoms with van der Waals surface area (Å²) in [6.07, 6.45) is 1.27. The van der Waals surface area contributed by atoms with Crippen molar-refractivity contribution >= 4 is 44.8 Å². The molecule has 10 nitrogen and oxygen atoms in total. The van der Waals surface area contributed by atoms with Gasteiger partial charge < -0.3 is 10.1 Å². The van der Waals surface area contributed by atoms with Crippen LogP contribution >= 0.6 is 11.3 Å². The lowest BCUT2D eigenvalue weighted by Gasteiger charge is -2.10. The monoisotopic (exact) mass is 464 g/mol. The Balaban J connectivity index is 1.66. The Hall–Kier alpha value is -4.38. The number of nitrogens with zero attached hydrogens (tertiary/aromatic N) is 3.